The zero-order valence-electron chi connectivity index (χ0n) is 14.5. The molecule has 0 unspecified atom stereocenters. The first-order valence-electron chi connectivity index (χ1n) is 9.09. The third-order valence-corrected chi connectivity index (χ3v) is 5.15. The average molecular weight is 340 g/mol. The first kappa shape index (κ1) is 16.1. The molecule has 1 fully saturated rings. The minimum atomic E-state index is -0.206. The van der Waals surface area contributed by atoms with Crippen LogP contribution in [-0.2, 0) is 12.8 Å². The van der Waals surface area contributed by atoms with E-state index in [2.05, 4.69) is 50.4 Å². The van der Waals surface area contributed by atoms with Crippen molar-refractivity contribution < 1.29 is 4.79 Å². The molecule has 2 N–H and O–H groups in total. The predicted octanol–water partition coefficient (Wildman–Crippen LogP) is 2.17. The lowest BCUT2D eigenvalue weighted by molar-refractivity contribution is 0.234. The minimum absolute atomic E-state index is 0.156. The Morgan fingerprint density at radius 2 is 2.08 bits per heavy atom. The highest BCUT2D eigenvalue weighted by atomic mass is 16.2. The summed E-state index contributed by atoms with van der Waals surface area (Å²) in [7, 11) is 0. The molecule has 1 saturated carbocycles. The Morgan fingerprint density at radius 3 is 2.88 bits per heavy atom. The van der Waals surface area contributed by atoms with E-state index in [0.717, 1.165) is 37.9 Å². The van der Waals surface area contributed by atoms with E-state index in [9.17, 15) is 4.79 Å². The number of urea groups is 1. The van der Waals surface area contributed by atoms with E-state index in [0.29, 0.717) is 18.5 Å². The lowest BCUT2D eigenvalue weighted by atomic mass is 9.84. The van der Waals surface area contributed by atoms with Gasteiger partial charge in [-0.05, 0) is 66.5 Å². The Bertz CT molecular complexity index is 754. The van der Waals surface area contributed by atoms with Gasteiger partial charge in [0, 0.05) is 6.54 Å². The zero-order chi connectivity index (χ0) is 17.2. The number of aryl methyl sites for hydroxylation is 1. The van der Waals surface area contributed by atoms with Crippen LogP contribution >= 0.6 is 0 Å². The number of hydrogen-bond donors (Lipinski definition) is 2. The van der Waals surface area contributed by atoms with Crippen molar-refractivity contribution in [3.63, 3.8) is 0 Å². The molecule has 1 aromatic carbocycles. The van der Waals surface area contributed by atoms with Gasteiger partial charge in [-0.1, -0.05) is 24.3 Å². The van der Waals surface area contributed by atoms with Crippen molar-refractivity contribution in [1.29, 1.82) is 0 Å². The summed E-state index contributed by atoms with van der Waals surface area (Å²) in [5.41, 5.74) is 2.86. The maximum absolute atomic E-state index is 12.2. The number of rotatable bonds is 5. The summed E-state index contributed by atoms with van der Waals surface area (Å²) in [6.45, 7) is 2.61. The van der Waals surface area contributed by atoms with Gasteiger partial charge in [-0.2, -0.15) is 0 Å². The van der Waals surface area contributed by atoms with Crippen LogP contribution in [0.3, 0.4) is 0 Å². The monoisotopic (exact) mass is 340 g/mol. The van der Waals surface area contributed by atoms with Gasteiger partial charge in [0.25, 0.3) is 0 Å². The zero-order valence-corrected chi connectivity index (χ0v) is 14.5. The molecule has 132 valence electrons. The molecule has 4 rings (SSSR count). The first-order valence-corrected chi connectivity index (χ1v) is 9.09. The fraction of sp³-hybridized carbons (Fsp3) is 0.556. The lowest BCUT2D eigenvalue weighted by Crippen LogP contribution is -2.41. The van der Waals surface area contributed by atoms with Crippen LogP contribution in [0.2, 0.25) is 0 Å². The number of aromatic nitrogens is 4. The molecular weight excluding hydrogens is 316 g/mol. The van der Waals surface area contributed by atoms with Crippen molar-refractivity contribution in [2.45, 2.75) is 51.1 Å². The maximum atomic E-state index is 12.2. The summed E-state index contributed by atoms with van der Waals surface area (Å²) >= 11 is 0. The Balaban J connectivity index is 1.27. The molecule has 25 heavy (non-hydrogen) atoms. The molecule has 2 amide bonds. The van der Waals surface area contributed by atoms with E-state index >= 15 is 0 Å². The number of benzene rings is 1. The largest absolute Gasteiger partial charge is 0.338 e. The van der Waals surface area contributed by atoms with Gasteiger partial charge >= 0.3 is 6.03 Å². The van der Waals surface area contributed by atoms with E-state index < -0.39 is 0 Å². The summed E-state index contributed by atoms with van der Waals surface area (Å²) < 4.78 is 1.84. The van der Waals surface area contributed by atoms with Crippen LogP contribution in [-0.4, -0.2) is 32.8 Å². The summed E-state index contributed by atoms with van der Waals surface area (Å²) in [6, 6.07) is 8.63. The Labute approximate surface area is 147 Å². The highest BCUT2D eigenvalue weighted by Gasteiger charge is 2.30. The minimum Gasteiger partial charge on any atom is -0.338 e. The second-order valence-corrected chi connectivity index (χ2v) is 7.17. The molecule has 0 radical (unpaired) electrons. The van der Waals surface area contributed by atoms with Gasteiger partial charge in [-0.25, -0.2) is 9.48 Å². The number of nitrogens with zero attached hydrogens (tertiary/aromatic N) is 4. The van der Waals surface area contributed by atoms with Crippen LogP contribution in [0.5, 0.6) is 0 Å². The Morgan fingerprint density at radius 1 is 1.28 bits per heavy atom. The molecule has 1 heterocycles. The van der Waals surface area contributed by atoms with Crippen LogP contribution < -0.4 is 10.6 Å². The molecule has 1 aromatic heterocycles. The van der Waals surface area contributed by atoms with E-state index in [1.165, 1.54) is 11.1 Å². The highest BCUT2D eigenvalue weighted by Crippen LogP contribution is 2.35. The van der Waals surface area contributed by atoms with Gasteiger partial charge in [-0.15, -0.1) is 5.10 Å². The maximum Gasteiger partial charge on any atom is 0.315 e. The second kappa shape index (κ2) is 6.82. The van der Waals surface area contributed by atoms with Crippen molar-refractivity contribution >= 4 is 6.03 Å². The van der Waals surface area contributed by atoms with Crippen molar-refractivity contribution in [3.8, 4) is 0 Å². The topological polar surface area (TPSA) is 84.7 Å². The predicted molar refractivity (Wildman–Crippen MR) is 93.0 cm³/mol. The molecule has 0 aliphatic heterocycles. The fourth-order valence-corrected chi connectivity index (χ4v) is 3.56. The highest BCUT2D eigenvalue weighted by molar-refractivity contribution is 5.74. The quantitative estimate of drug-likeness (QED) is 0.874. The van der Waals surface area contributed by atoms with E-state index in [1.807, 2.05) is 11.6 Å². The third-order valence-electron chi connectivity index (χ3n) is 5.15. The fourth-order valence-electron chi connectivity index (χ4n) is 3.56. The summed E-state index contributed by atoms with van der Waals surface area (Å²) in [4.78, 5) is 12.2. The number of carbonyl (C=O) groups is 1. The standard InChI is InChI=1S/C18H24N6O/c1-12(17-21-22-23-24(17)16-8-9-16)20-18(25)19-11-13-6-7-14-4-2-3-5-15(14)10-13/h2-5,12-13,16H,6-11H2,1H3,(H2,19,20,25)/t12-,13+/m0/s1. The van der Waals surface area contributed by atoms with Gasteiger partial charge < -0.3 is 10.6 Å². The van der Waals surface area contributed by atoms with Crippen LogP contribution in [0.4, 0.5) is 4.79 Å². The number of carbonyl (C=O) groups excluding carboxylic acids is 1. The van der Waals surface area contributed by atoms with Gasteiger partial charge in [0.1, 0.15) is 0 Å². The number of fused-ring (bicyclic) bond motifs is 1. The van der Waals surface area contributed by atoms with Crippen LogP contribution in [0.25, 0.3) is 0 Å². The van der Waals surface area contributed by atoms with Crippen molar-refractivity contribution in [3.05, 3.63) is 41.2 Å². The molecule has 2 aliphatic rings. The third kappa shape index (κ3) is 3.65. The number of hydrogen-bond acceptors (Lipinski definition) is 4. The van der Waals surface area contributed by atoms with E-state index in [-0.39, 0.29) is 12.1 Å². The lowest BCUT2D eigenvalue weighted by Gasteiger charge is -2.25. The molecule has 0 bridgehead atoms. The molecule has 2 aliphatic carbocycles. The molecule has 7 nitrogen and oxygen atoms in total. The molecule has 2 aromatic rings. The summed E-state index contributed by atoms with van der Waals surface area (Å²) in [5, 5.41) is 17.8. The van der Waals surface area contributed by atoms with Gasteiger partial charge in [-0.3, -0.25) is 0 Å². The van der Waals surface area contributed by atoms with Crippen LogP contribution in [0.1, 0.15) is 55.2 Å². The van der Waals surface area contributed by atoms with E-state index in [4.69, 9.17) is 0 Å². The number of amides is 2. The molecule has 7 heteroatoms. The van der Waals surface area contributed by atoms with Crippen LogP contribution in [0, 0.1) is 5.92 Å². The van der Waals surface area contributed by atoms with Crippen molar-refractivity contribution in [2.75, 3.05) is 6.54 Å². The molecule has 0 saturated heterocycles. The normalized spacial score (nSPS) is 20.6. The number of nitrogens with one attached hydrogen (secondary N) is 2. The van der Waals surface area contributed by atoms with Gasteiger partial charge in [0.05, 0.1) is 12.1 Å². The van der Waals surface area contributed by atoms with Crippen molar-refractivity contribution in [1.82, 2.24) is 30.8 Å². The summed E-state index contributed by atoms with van der Waals surface area (Å²) in [5.74, 6) is 1.22. The SMILES string of the molecule is C[C@H](NC(=O)NC[C@@H]1CCc2ccccc2C1)c1nnnn1C1CC1. The Hall–Kier alpha value is -2.44. The summed E-state index contributed by atoms with van der Waals surface area (Å²) in [6.07, 6.45) is 5.47. The Kier molecular flexibility index (Phi) is 4.38. The van der Waals surface area contributed by atoms with Gasteiger partial charge in [0.15, 0.2) is 5.82 Å². The molecule has 0 spiro atoms. The van der Waals surface area contributed by atoms with Crippen LogP contribution in [0.15, 0.2) is 24.3 Å². The first-order chi connectivity index (χ1) is 12.2. The van der Waals surface area contributed by atoms with E-state index in [1.54, 1.807) is 0 Å². The second-order valence-electron chi connectivity index (χ2n) is 7.17. The van der Waals surface area contributed by atoms with Gasteiger partial charge in [0.2, 0.25) is 0 Å². The molecule has 2 atom stereocenters. The van der Waals surface area contributed by atoms with Crippen molar-refractivity contribution in [2.24, 2.45) is 5.92 Å². The molecular formula is C18H24N6O. The average Bonchev–Trinajstić information content (AvgIpc) is 3.36. The smallest absolute Gasteiger partial charge is 0.315 e. The number of tetrazole rings is 1.